The summed E-state index contributed by atoms with van der Waals surface area (Å²) in [7, 11) is 0. The Morgan fingerprint density at radius 2 is 2.38 bits per heavy atom. The van der Waals surface area contributed by atoms with Crippen LogP contribution in [0.25, 0.3) is 11.1 Å². The predicted molar refractivity (Wildman–Crippen MR) is 45.0 cm³/mol. The molecule has 13 heavy (non-hydrogen) atoms. The second-order valence-corrected chi connectivity index (χ2v) is 3.20. The van der Waals surface area contributed by atoms with Crippen molar-refractivity contribution in [1.29, 1.82) is 0 Å². The Morgan fingerprint density at radius 1 is 1.54 bits per heavy atom. The van der Waals surface area contributed by atoms with Crippen molar-refractivity contribution >= 4 is 11.1 Å². The highest BCUT2D eigenvalue weighted by atomic mass is 16.6. The number of aliphatic hydroxyl groups excluding tert-OH is 1. The van der Waals surface area contributed by atoms with Crippen molar-refractivity contribution in [2.45, 2.75) is 19.4 Å². The van der Waals surface area contributed by atoms with E-state index < -0.39 is 6.29 Å². The fourth-order valence-electron chi connectivity index (χ4n) is 1.88. The molecule has 0 saturated heterocycles. The van der Waals surface area contributed by atoms with Crippen LogP contribution in [0.1, 0.15) is 25.1 Å². The highest BCUT2D eigenvalue weighted by molar-refractivity contribution is 5.76. The molecular weight excluding hydrogens is 170 g/mol. The van der Waals surface area contributed by atoms with Crippen molar-refractivity contribution < 1.29 is 14.3 Å². The Bertz CT molecular complexity index is 456. The third kappa shape index (κ3) is 0.765. The van der Waals surface area contributed by atoms with Gasteiger partial charge in [0.05, 0.1) is 17.5 Å². The summed E-state index contributed by atoms with van der Waals surface area (Å²) in [6.45, 7) is 1.90. The van der Waals surface area contributed by atoms with Crippen LogP contribution in [0.5, 0.6) is 0 Å². The maximum Gasteiger partial charge on any atom is 0.199 e. The predicted octanol–water partition coefficient (Wildman–Crippen LogP) is 1.77. The molecular formula is C9H9NO3. The van der Waals surface area contributed by atoms with Gasteiger partial charge in [-0.05, 0) is 6.92 Å². The number of aromatic nitrogens is 1. The fourth-order valence-corrected chi connectivity index (χ4v) is 1.88. The van der Waals surface area contributed by atoms with E-state index >= 15 is 0 Å². The second-order valence-electron chi connectivity index (χ2n) is 3.20. The highest BCUT2D eigenvalue weighted by Crippen LogP contribution is 2.36. The molecule has 0 saturated carbocycles. The van der Waals surface area contributed by atoms with E-state index in [-0.39, 0.29) is 6.23 Å². The van der Waals surface area contributed by atoms with E-state index in [9.17, 15) is 5.11 Å². The van der Waals surface area contributed by atoms with Crippen LogP contribution in [0.15, 0.2) is 22.8 Å². The molecule has 1 N–H and O–H groups in total. The molecule has 3 rings (SSSR count). The summed E-state index contributed by atoms with van der Waals surface area (Å²) in [6, 6.07) is 3.68. The van der Waals surface area contributed by atoms with Gasteiger partial charge in [0.15, 0.2) is 11.9 Å². The Morgan fingerprint density at radius 3 is 3.23 bits per heavy atom. The van der Waals surface area contributed by atoms with Gasteiger partial charge < -0.3 is 18.8 Å². The van der Waals surface area contributed by atoms with Crippen LogP contribution in [0.4, 0.5) is 0 Å². The monoisotopic (exact) mass is 179 g/mol. The van der Waals surface area contributed by atoms with Crippen molar-refractivity contribution in [2.24, 2.45) is 0 Å². The standard InChI is InChI=1S/C9H9NO3/c1-5-10-6-2-3-12-8(6)4-7(10)9(11)13-5/h2-5,9,11H,1H3. The maximum atomic E-state index is 9.49. The summed E-state index contributed by atoms with van der Waals surface area (Å²) >= 11 is 0. The SMILES string of the molecule is CC1OC(O)c2cc3occc3n21. The smallest absolute Gasteiger partial charge is 0.199 e. The molecule has 0 amide bonds. The number of ether oxygens (including phenoxy) is 1. The molecule has 0 aliphatic carbocycles. The molecule has 1 aliphatic rings. The molecule has 3 heterocycles. The van der Waals surface area contributed by atoms with Crippen LogP contribution >= 0.6 is 0 Å². The van der Waals surface area contributed by atoms with E-state index in [0.717, 1.165) is 16.8 Å². The van der Waals surface area contributed by atoms with E-state index in [1.54, 1.807) is 6.26 Å². The van der Waals surface area contributed by atoms with Crippen molar-refractivity contribution in [1.82, 2.24) is 4.57 Å². The zero-order valence-corrected chi connectivity index (χ0v) is 7.10. The lowest BCUT2D eigenvalue weighted by Gasteiger charge is -2.05. The Kier molecular flexibility index (Phi) is 1.19. The van der Waals surface area contributed by atoms with Crippen LogP contribution < -0.4 is 0 Å². The van der Waals surface area contributed by atoms with Gasteiger partial charge in [0.25, 0.3) is 0 Å². The molecule has 2 aromatic heterocycles. The quantitative estimate of drug-likeness (QED) is 0.670. The lowest BCUT2D eigenvalue weighted by Crippen LogP contribution is -1.98. The molecule has 68 valence electrons. The lowest BCUT2D eigenvalue weighted by atomic mass is 10.4. The minimum atomic E-state index is -0.822. The Hall–Kier alpha value is -1.26. The van der Waals surface area contributed by atoms with Crippen LogP contribution in [0.3, 0.4) is 0 Å². The minimum absolute atomic E-state index is 0.125. The summed E-state index contributed by atoms with van der Waals surface area (Å²) in [5.41, 5.74) is 2.53. The van der Waals surface area contributed by atoms with Crippen molar-refractivity contribution in [3.63, 3.8) is 0 Å². The molecule has 0 bridgehead atoms. The van der Waals surface area contributed by atoms with Gasteiger partial charge in [0.1, 0.15) is 6.23 Å². The molecule has 0 spiro atoms. The second kappa shape index (κ2) is 2.16. The fraction of sp³-hybridized carbons (Fsp3) is 0.333. The molecule has 0 radical (unpaired) electrons. The first-order valence-electron chi connectivity index (χ1n) is 4.19. The van der Waals surface area contributed by atoms with Crippen molar-refractivity contribution in [2.75, 3.05) is 0 Å². The van der Waals surface area contributed by atoms with Gasteiger partial charge in [-0.3, -0.25) is 0 Å². The van der Waals surface area contributed by atoms with Crippen LogP contribution in [-0.2, 0) is 4.74 Å². The first-order valence-corrected chi connectivity index (χ1v) is 4.19. The van der Waals surface area contributed by atoms with Gasteiger partial charge in [-0.1, -0.05) is 0 Å². The molecule has 4 nitrogen and oxygen atoms in total. The van der Waals surface area contributed by atoms with Gasteiger partial charge in [-0.25, -0.2) is 0 Å². The third-order valence-corrected chi connectivity index (χ3v) is 2.43. The molecule has 2 atom stereocenters. The third-order valence-electron chi connectivity index (χ3n) is 2.43. The van der Waals surface area contributed by atoms with E-state index in [1.807, 2.05) is 23.6 Å². The van der Waals surface area contributed by atoms with Gasteiger partial charge in [-0.2, -0.15) is 0 Å². The van der Waals surface area contributed by atoms with Gasteiger partial charge in [0.2, 0.25) is 0 Å². The molecule has 2 aromatic rings. The largest absolute Gasteiger partial charge is 0.463 e. The van der Waals surface area contributed by atoms with E-state index in [2.05, 4.69) is 0 Å². The van der Waals surface area contributed by atoms with Crippen molar-refractivity contribution in [3.05, 3.63) is 24.1 Å². The van der Waals surface area contributed by atoms with E-state index in [0.29, 0.717) is 0 Å². The highest BCUT2D eigenvalue weighted by Gasteiger charge is 2.29. The number of rotatable bonds is 0. The number of hydrogen-bond donors (Lipinski definition) is 1. The van der Waals surface area contributed by atoms with Gasteiger partial charge in [0, 0.05) is 12.1 Å². The number of nitrogens with zero attached hydrogens (tertiary/aromatic N) is 1. The molecule has 1 aliphatic heterocycles. The summed E-state index contributed by atoms with van der Waals surface area (Å²) in [5, 5.41) is 9.49. The zero-order chi connectivity index (χ0) is 9.00. The Labute approximate surface area is 74.3 Å². The van der Waals surface area contributed by atoms with E-state index in [1.165, 1.54) is 0 Å². The molecule has 4 heteroatoms. The number of aliphatic hydroxyl groups is 1. The number of hydrogen-bond acceptors (Lipinski definition) is 3. The average molecular weight is 179 g/mol. The minimum Gasteiger partial charge on any atom is -0.463 e. The first kappa shape index (κ1) is 7.17. The molecule has 0 fully saturated rings. The van der Waals surface area contributed by atoms with Crippen molar-refractivity contribution in [3.8, 4) is 0 Å². The average Bonchev–Trinajstić information content (AvgIpc) is 2.63. The molecule has 2 unspecified atom stereocenters. The maximum absolute atomic E-state index is 9.49. The molecule has 0 aromatic carbocycles. The zero-order valence-electron chi connectivity index (χ0n) is 7.10. The summed E-state index contributed by atoms with van der Waals surface area (Å²) in [4.78, 5) is 0. The lowest BCUT2D eigenvalue weighted by molar-refractivity contribution is -0.123. The first-order chi connectivity index (χ1) is 6.27. The summed E-state index contributed by atoms with van der Waals surface area (Å²) < 4.78 is 12.4. The summed E-state index contributed by atoms with van der Waals surface area (Å²) in [6.07, 6.45) is 0.688. The topological polar surface area (TPSA) is 47.5 Å². The normalized spacial score (nSPS) is 26.9. The number of furan rings is 1. The van der Waals surface area contributed by atoms with E-state index in [4.69, 9.17) is 9.15 Å². The van der Waals surface area contributed by atoms with Crippen LogP contribution in [0.2, 0.25) is 0 Å². The van der Waals surface area contributed by atoms with Crippen LogP contribution in [0, 0.1) is 0 Å². The van der Waals surface area contributed by atoms with Gasteiger partial charge in [-0.15, -0.1) is 0 Å². The summed E-state index contributed by atoms with van der Waals surface area (Å²) in [5.74, 6) is 0. The Balaban J connectivity index is 2.37. The number of fused-ring (bicyclic) bond motifs is 3. The van der Waals surface area contributed by atoms with Gasteiger partial charge >= 0.3 is 0 Å². The van der Waals surface area contributed by atoms with Crippen LogP contribution in [-0.4, -0.2) is 9.67 Å².